The number of carbonyl (C=O) groups excluding carboxylic acids is 1. The van der Waals surface area contributed by atoms with Crippen molar-refractivity contribution < 1.29 is 14.7 Å². The number of aryl methyl sites for hydroxylation is 1. The molecule has 0 aliphatic heterocycles. The Labute approximate surface area is 132 Å². The average Bonchev–Trinajstić information content (AvgIpc) is 2.44. The molecule has 0 atom stereocenters. The van der Waals surface area contributed by atoms with Gasteiger partial charge in [-0.1, -0.05) is 31.4 Å². The van der Waals surface area contributed by atoms with E-state index in [2.05, 4.69) is 26.6 Å². The molecular weight excluding hydrogens is 336 g/mol. The van der Waals surface area contributed by atoms with E-state index in [1.54, 1.807) is 6.07 Å². The molecule has 0 radical (unpaired) electrons. The van der Waals surface area contributed by atoms with E-state index in [-0.39, 0.29) is 0 Å². The van der Waals surface area contributed by atoms with Crippen molar-refractivity contribution in [3.8, 4) is 0 Å². The maximum atomic E-state index is 12.1. The van der Waals surface area contributed by atoms with Gasteiger partial charge in [-0.3, -0.25) is 0 Å². The number of carboxylic acids is 1. The van der Waals surface area contributed by atoms with Crippen LogP contribution < -0.4 is 10.6 Å². The number of halogens is 1. The van der Waals surface area contributed by atoms with Gasteiger partial charge in [0.2, 0.25) is 0 Å². The molecule has 2 rings (SSSR count). The number of aliphatic carboxylic acids is 1. The molecule has 3 N–H and O–H groups in total. The van der Waals surface area contributed by atoms with Gasteiger partial charge in [-0.2, -0.15) is 0 Å². The van der Waals surface area contributed by atoms with Gasteiger partial charge in [-0.05, 0) is 47.3 Å². The quantitative estimate of drug-likeness (QED) is 0.774. The van der Waals surface area contributed by atoms with Gasteiger partial charge in [-0.25, -0.2) is 9.59 Å². The second kappa shape index (κ2) is 6.47. The Kier molecular flexibility index (Phi) is 4.88. The van der Waals surface area contributed by atoms with Gasteiger partial charge in [-0.15, -0.1) is 0 Å². The predicted octanol–water partition coefficient (Wildman–Crippen LogP) is 3.67. The average molecular weight is 355 g/mol. The summed E-state index contributed by atoms with van der Waals surface area (Å²) >= 11 is 3.42. The lowest BCUT2D eigenvalue weighted by Crippen LogP contribution is -2.56. The van der Waals surface area contributed by atoms with Crippen molar-refractivity contribution >= 4 is 33.6 Å². The number of carboxylic acid groups (broad SMARTS) is 1. The highest BCUT2D eigenvalue weighted by Crippen LogP contribution is 2.29. The molecular formula is C15H19BrN2O3. The van der Waals surface area contributed by atoms with E-state index < -0.39 is 17.5 Å². The summed E-state index contributed by atoms with van der Waals surface area (Å²) in [5.41, 5.74) is 0.487. The molecule has 6 heteroatoms. The molecule has 1 aromatic rings. The molecule has 0 bridgehead atoms. The summed E-state index contributed by atoms with van der Waals surface area (Å²) in [5.74, 6) is -0.958. The molecule has 1 saturated carbocycles. The molecule has 1 aliphatic carbocycles. The van der Waals surface area contributed by atoms with Crippen molar-refractivity contribution in [2.45, 2.75) is 44.6 Å². The third-order valence-corrected chi connectivity index (χ3v) is 4.96. The lowest BCUT2D eigenvalue weighted by Gasteiger charge is -2.33. The summed E-state index contributed by atoms with van der Waals surface area (Å²) < 4.78 is 0.799. The van der Waals surface area contributed by atoms with Crippen molar-refractivity contribution in [3.05, 3.63) is 28.2 Å². The molecule has 1 aromatic carbocycles. The van der Waals surface area contributed by atoms with E-state index in [4.69, 9.17) is 0 Å². The van der Waals surface area contributed by atoms with Crippen LogP contribution in [0.5, 0.6) is 0 Å². The van der Waals surface area contributed by atoms with E-state index in [1.807, 2.05) is 19.1 Å². The number of hydrogen-bond acceptors (Lipinski definition) is 2. The summed E-state index contributed by atoms with van der Waals surface area (Å²) in [7, 11) is 0. The second-order valence-corrected chi connectivity index (χ2v) is 6.26. The first-order valence-electron chi connectivity index (χ1n) is 7.02. The standard InChI is InChI=1S/C15H19BrN2O3/c1-10-6-5-7-11(12(10)16)17-14(21)18-15(13(19)20)8-3-2-4-9-15/h5-7H,2-4,8-9H2,1H3,(H,19,20)(H2,17,18,21). The highest BCUT2D eigenvalue weighted by Gasteiger charge is 2.41. The SMILES string of the molecule is Cc1cccc(NC(=O)NC2(C(=O)O)CCCCC2)c1Br. The van der Waals surface area contributed by atoms with Crippen LogP contribution in [-0.4, -0.2) is 22.6 Å². The summed E-state index contributed by atoms with van der Waals surface area (Å²) in [6.07, 6.45) is 3.61. The third kappa shape index (κ3) is 3.56. The Bertz CT molecular complexity index is 554. The maximum Gasteiger partial charge on any atom is 0.329 e. The summed E-state index contributed by atoms with van der Waals surface area (Å²) in [6.45, 7) is 1.92. The van der Waals surface area contributed by atoms with Gasteiger partial charge in [0.25, 0.3) is 0 Å². The molecule has 0 heterocycles. The molecule has 2 amide bonds. The minimum absolute atomic E-state index is 0.477. The van der Waals surface area contributed by atoms with E-state index in [0.717, 1.165) is 29.3 Å². The van der Waals surface area contributed by atoms with Gasteiger partial charge in [0.15, 0.2) is 0 Å². The fraction of sp³-hybridized carbons (Fsp3) is 0.467. The van der Waals surface area contributed by atoms with Gasteiger partial charge >= 0.3 is 12.0 Å². The van der Waals surface area contributed by atoms with Gasteiger partial charge in [0.1, 0.15) is 5.54 Å². The van der Waals surface area contributed by atoms with Crippen LogP contribution in [0.3, 0.4) is 0 Å². The molecule has 0 unspecified atom stereocenters. The number of benzene rings is 1. The van der Waals surface area contributed by atoms with Crippen LogP contribution in [0, 0.1) is 6.92 Å². The third-order valence-electron chi connectivity index (χ3n) is 3.91. The molecule has 0 spiro atoms. The van der Waals surface area contributed by atoms with Crippen LogP contribution in [0.1, 0.15) is 37.7 Å². The van der Waals surface area contributed by atoms with E-state index in [9.17, 15) is 14.7 Å². The van der Waals surface area contributed by atoms with Crippen molar-refractivity contribution in [1.29, 1.82) is 0 Å². The Hall–Kier alpha value is -1.56. The maximum absolute atomic E-state index is 12.1. The molecule has 5 nitrogen and oxygen atoms in total. The highest BCUT2D eigenvalue weighted by atomic mass is 79.9. The van der Waals surface area contributed by atoms with Crippen molar-refractivity contribution in [3.63, 3.8) is 0 Å². The van der Waals surface area contributed by atoms with Crippen LogP contribution >= 0.6 is 15.9 Å². The van der Waals surface area contributed by atoms with Gasteiger partial charge in [0, 0.05) is 4.47 Å². The van der Waals surface area contributed by atoms with Crippen molar-refractivity contribution in [2.24, 2.45) is 0 Å². The van der Waals surface area contributed by atoms with E-state index >= 15 is 0 Å². The van der Waals surface area contributed by atoms with Crippen molar-refractivity contribution in [1.82, 2.24) is 5.32 Å². The number of rotatable bonds is 3. The highest BCUT2D eigenvalue weighted by molar-refractivity contribution is 9.10. The monoisotopic (exact) mass is 354 g/mol. The Morgan fingerprint density at radius 3 is 2.52 bits per heavy atom. The fourth-order valence-electron chi connectivity index (χ4n) is 2.66. The predicted molar refractivity (Wildman–Crippen MR) is 84.5 cm³/mol. The van der Waals surface area contributed by atoms with Crippen LogP contribution in [-0.2, 0) is 4.79 Å². The first kappa shape index (κ1) is 15.8. The van der Waals surface area contributed by atoms with Crippen molar-refractivity contribution in [2.75, 3.05) is 5.32 Å². The zero-order valence-electron chi connectivity index (χ0n) is 11.9. The minimum Gasteiger partial charge on any atom is -0.480 e. The summed E-state index contributed by atoms with van der Waals surface area (Å²) in [4.78, 5) is 23.7. The Balaban J connectivity index is 2.09. The molecule has 114 valence electrons. The number of anilines is 1. The first-order chi connectivity index (χ1) is 9.94. The van der Waals surface area contributed by atoms with Crippen LogP contribution in [0.2, 0.25) is 0 Å². The van der Waals surface area contributed by atoms with Crippen LogP contribution in [0.25, 0.3) is 0 Å². The van der Waals surface area contributed by atoms with Gasteiger partial charge in [0.05, 0.1) is 5.69 Å². The molecule has 0 saturated heterocycles. The van der Waals surface area contributed by atoms with Crippen LogP contribution in [0.4, 0.5) is 10.5 Å². The van der Waals surface area contributed by atoms with Crippen LogP contribution in [0.15, 0.2) is 22.7 Å². The topological polar surface area (TPSA) is 78.4 Å². The first-order valence-corrected chi connectivity index (χ1v) is 7.81. The molecule has 1 aliphatic rings. The molecule has 0 aromatic heterocycles. The number of carbonyl (C=O) groups is 2. The zero-order chi connectivity index (χ0) is 15.5. The lowest BCUT2D eigenvalue weighted by atomic mass is 9.82. The zero-order valence-corrected chi connectivity index (χ0v) is 13.5. The number of amides is 2. The second-order valence-electron chi connectivity index (χ2n) is 5.46. The fourth-order valence-corrected chi connectivity index (χ4v) is 3.03. The summed E-state index contributed by atoms with van der Waals surface area (Å²) in [5, 5.41) is 14.8. The lowest BCUT2D eigenvalue weighted by molar-refractivity contribution is -0.145. The number of nitrogens with one attached hydrogen (secondary N) is 2. The number of urea groups is 1. The Morgan fingerprint density at radius 2 is 1.90 bits per heavy atom. The molecule has 21 heavy (non-hydrogen) atoms. The van der Waals surface area contributed by atoms with E-state index in [1.165, 1.54) is 0 Å². The normalized spacial score (nSPS) is 17.0. The van der Waals surface area contributed by atoms with E-state index in [0.29, 0.717) is 18.5 Å². The summed E-state index contributed by atoms with van der Waals surface area (Å²) in [6, 6.07) is 5.05. The largest absolute Gasteiger partial charge is 0.480 e. The molecule has 1 fully saturated rings. The van der Waals surface area contributed by atoms with Gasteiger partial charge < -0.3 is 15.7 Å². The minimum atomic E-state index is -1.14. The number of hydrogen-bond donors (Lipinski definition) is 3. The smallest absolute Gasteiger partial charge is 0.329 e. The Morgan fingerprint density at radius 1 is 1.24 bits per heavy atom.